The van der Waals surface area contributed by atoms with Gasteiger partial charge in [0.1, 0.15) is 11.5 Å². The largest absolute Gasteiger partial charge is 0.497 e. The van der Waals surface area contributed by atoms with Crippen molar-refractivity contribution < 1.29 is 23.7 Å². The fraction of sp³-hybridized carbons (Fsp3) is 0.533. The molecule has 0 N–H and O–H groups in total. The van der Waals surface area contributed by atoms with E-state index in [1.54, 1.807) is 38.4 Å². The first-order chi connectivity index (χ1) is 10.2. The van der Waals surface area contributed by atoms with Crippen LogP contribution in [0.2, 0.25) is 0 Å². The van der Waals surface area contributed by atoms with E-state index in [1.807, 2.05) is 12.1 Å². The smallest absolute Gasteiger partial charge is 0.260 e. The summed E-state index contributed by atoms with van der Waals surface area (Å²) < 4.78 is 20.6. The number of carbonyl (C=O) groups is 1. The van der Waals surface area contributed by atoms with Crippen molar-refractivity contribution in [1.29, 1.82) is 0 Å². The molecule has 6 heteroatoms. The van der Waals surface area contributed by atoms with Gasteiger partial charge in [0.05, 0.1) is 20.3 Å². The van der Waals surface area contributed by atoms with Gasteiger partial charge in [-0.15, -0.1) is 0 Å². The maximum Gasteiger partial charge on any atom is 0.260 e. The Hall–Kier alpha value is -1.79. The molecule has 0 fully saturated rings. The molecule has 0 aliphatic carbocycles. The summed E-state index contributed by atoms with van der Waals surface area (Å²) in [7, 11) is 4.79. The number of methoxy groups -OCH3 is 3. The fourth-order valence-corrected chi connectivity index (χ4v) is 1.69. The van der Waals surface area contributed by atoms with Gasteiger partial charge in [-0.25, -0.2) is 0 Å². The van der Waals surface area contributed by atoms with E-state index >= 15 is 0 Å². The Kier molecular flexibility index (Phi) is 8.23. The maximum atomic E-state index is 12.1. The number of hydrogen-bond donors (Lipinski definition) is 0. The summed E-state index contributed by atoms with van der Waals surface area (Å²) in [4.78, 5) is 13.8. The van der Waals surface area contributed by atoms with Crippen LogP contribution < -0.4 is 9.47 Å². The highest BCUT2D eigenvalue weighted by molar-refractivity contribution is 5.77. The first kappa shape index (κ1) is 17.3. The highest BCUT2D eigenvalue weighted by Gasteiger charge is 2.13. The number of carbonyl (C=O) groups excluding carboxylic acids is 1. The standard InChI is InChI=1S/C15H23NO5/c1-18-9-7-16(8-10-19-2)15(17)12-21-14-6-4-5-13(11-14)20-3/h4-6,11H,7-10,12H2,1-3H3. The molecule has 0 saturated carbocycles. The van der Waals surface area contributed by atoms with Crippen LogP contribution in [0.3, 0.4) is 0 Å². The number of nitrogens with zero attached hydrogens (tertiary/aromatic N) is 1. The second-order valence-corrected chi connectivity index (χ2v) is 4.33. The molecule has 0 bridgehead atoms. The fourth-order valence-electron chi connectivity index (χ4n) is 1.69. The third-order valence-corrected chi connectivity index (χ3v) is 2.89. The molecule has 1 aromatic rings. The van der Waals surface area contributed by atoms with Gasteiger partial charge in [-0.1, -0.05) is 6.07 Å². The van der Waals surface area contributed by atoms with E-state index in [0.717, 1.165) is 0 Å². The van der Waals surface area contributed by atoms with Crippen LogP contribution in [-0.4, -0.2) is 65.0 Å². The van der Waals surface area contributed by atoms with Crippen LogP contribution in [0.15, 0.2) is 24.3 Å². The van der Waals surface area contributed by atoms with E-state index in [9.17, 15) is 4.79 Å². The lowest BCUT2D eigenvalue weighted by Gasteiger charge is -2.22. The van der Waals surface area contributed by atoms with E-state index in [1.165, 1.54) is 0 Å². The van der Waals surface area contributed by atoms with Gasteiger partial charge in [0, 0.05) is 33.4 Å². The zero-order chi connectivity index (χ0) is 15.5. The molecule has 0 saturated heterocycles. The molecule has 0 heterocycles. The lowest BCUT2D eigenvalue weighted by atomic mass is 10.3. The molecule has 118 valence electrons. The SMILES string of the molecule is COCCN(CCOC)C(=O)COc1cccc(OC)c1. The Balaban J connectivity index is 2.50. The third kappa shape index (κ3) is 6.46. The average molecular weight is 297 g/mol. The third-order valence-electron chi connectivity index (χ3n) is 2.89. The van der Waals surface area contributed by atoms with Crippen LogP contribution >= 0.6 is 0 Å². The number of ether oxygens (including phenoxy) is 4. The van der Waals surface area contributed by atoms with Crippen molar-refractivity contribution >= 4 is 5.91 Å². The van der Waals surface area contributed by atoms with Crippen LogP contribution in [0.1, 0.15) is 0 Å². The van der Waals surface area contributed by atoms with Crippen LogP contribution in [0.5, 0.6) is 11.5 Å². The Bertz CT molecular complexity index is 416. The quantitative estimate of drug-likeness (QED) is 0.649. The summed E-state index contributed by atoms with van der Waals surface area (Å²) in [6.45, 7) is 1.96. The Morgan fingerprint density at radius 3 is 2.24 bits per heavy atom. The molecule has 0 spiro atoms. The summed E-state index contributed by atoms with van der Waals surface area (Å²) in [5.74, 6) is 1.18. The summed E-state index contributed by atoms with van der Waals surface area (Å²) in [5, 5.41) is 0. The first-order valence-electron chi connectivity index (χ1n) is 6.73. The molecule has 0 aromatic heterocycles. The molecule has 1 rings (SSSR count). The minimum absolute atomic E-state index is 0.0272. The van der Waals surface area contributed by atoms with Gasteiger partial charge in [0.2, 0.25) is 0 Å². The van der Waals surface area contributed by atoms with Crippen molar-refractivity contribution in [3.05, 3.63) is 24.3 Å². The van der Waals surface area contributed by atoms with Gasteiger partial charge in [0.25, 0.3) is 5.91 Å². The van der Waals surface area contributed by atoms with Crippen molar-refractivity contribution in [2.75, 3.05) is 54.2 Å². The molecule has 1 aromatic carbocycles. The average Bonchev–Trinajstić information content (AvgIpc) is 2.53. The molecule has 21 heavy (non-hydrogen) atoms. The highest BCUT2D eigenvalue weighted by Crippen LogP contribution is 2.18. The summed E-state index contributed by atoms with van der Waals surface area (Å²) >= 11 is 0. The van der Waals surface area contributed by atoms with Crippen molar-refractivity contribution in [2.45, 2.75) is 0 Å². The van der Waals surface area contributed by atoms with Gasteiger partial charge in [-0.05, 0) is 12.1 Å². The molecule has 0 radical (unpaired) electrons. The van der Waals surface area contributed by atoms with Crippen molar-refractivity contribution in [1.82, 2.24) is 4.90 Å². The predicted octanol–water partition coefficient (Wildman–Crippen LogP) is 1.20. The Labute approximate surface area is 125 Å². The number of hydrogen-bond acceptors (Lipinski definition) is 5. The van der Waals surface area contributed by atoms with Crippen LogP contribution in [0.4, 0.5) is 0 Å². The minimum atomic E-state index is -0.105. The molecular formula is C15H23NO5. The molecule has 0 aliphatic heterocycles. The van der Waals surface area contributed by atoms with Crippen molar-refractivity contribution in [3.63, 3.8) is 0 Å². The van der Waals surface area contributed by atoms with Crippen LogP contribution in [-0.2, 0) is 14.3 Å². The second-order valence-electron chi connectivity index (χ2n) is 4.33. The number of benzene rings is 1. The Morgan fingerprint density at radius 1 is 1.05 bits per heavy atom. The number of rotatable bonds is 10. The normalized spacial score (nSPS) is 10.2. The monoisotopic (exact) mass is 297 g/mol. The topological polar surface area (TPSA) is 57.2 Å². The van der Waals surface area contributed by atoms with Crippen molar-refractivity contribution in [3.8, 4) is 11.5 Å². The maximum absolute atomic E-state index is 12.1. The summed E-state index contributed by atoms with van der Waals surface area (Å²) in [5.41, 5.74) is 0. The second kappa shape index (κ2) is 10.0. The van der Waals surface area contributed by atoms with Crippen LogP contribution in [0.25, 0.3) is 0 Å². The van der Waals surface area contributed by atoms with Gasteiger partial charge in [-0.2, -0.15) is 0 Å². The van der Waals surface area contributed by atoms with E-state index in [0.29, 0.717) is 37.8 Å². The lowest BCUT2D eigenvalue weighted by molar-refractivity contribution is -0.134. The van der Waals surface area contributed by atoms with E-state index in [-0.39, 0.29) is 12.5 Å². The summed E-state index contributed by atoms with van der Waals surface area (Å²) in [6, 6.07) is 7.15. The first-order valence-corrected chi connectivity index (χ1v) is 6.73. The van der Waals surface area contributed by atoms with E-state index in [4.69, 9.17) is 18.9 Å². The van der Waals surface area contributed by atoms with Crippen molar-refractivity contribution in [2.24, 2.45) is 0 Å². The van der Waals surface area contributed by atoms with Crippen LogP contribution in [0, 0.1) is 0 Å². The van der Waals surface area contributed by atoms with E-state index < -0.39 is 0 Å². The van der Waals surface area contributed by atoms with Gasteiger partial charge < -0.3 is 23.8 Å². The van der Waals surface area contributed by atoms with E-state index in [2.05, 4.69) is 0 Å². The zero-order valence-corrected chi connectivity index (χ0v) is 12.8. The lowest BCUT2D eigenvalue weighted by Crippen LogP contribution is -2.39. The number of amides is 1. The zero-order valence-electron chi connectivity index (χ0n) is 12.8. The highest BCUT2D eigenvalue weighted by atomic mass is 16.5. The minimum Gasteiger partial charge on any atom is -0.497 e. The molecule has 0 atom stereocenters. The molecular weight excluding hydrogens is 274 g/mol. The predicted molar refractivity (Wildman–Crippen MR) is 78.8 cm³/mol. The Morgan fingerprint density at radius 2 is 1.67 bits per heavy atom. The van der Waals surface area contributed by atoms with Gasteiger partial charge in [0.15, 0.2) is 6.61 Å². The summed E-state index contributed by atoms with van der Waals surface area (Å²) in [6.07, 6.45) is 0. The molecule has 0 unspecified atom stereocenters. The molecule has 0 aliphatic rings. The van der Waals surface area contributed by atoms with Gasteiger partial charge >= 0.3 is 0 Å². The van der Waals surface area contributed by atoms with Gasteiger partial charge in [-0.3, -0.25) is 4.79 Å². The molecule has 1 amide bonds. The molecule has 6 nitrogen and oxygen atoms in total.